The van der Waals surface area contributed by atoms with Crippen molar-refractivity contribution < 1.29 is 50.6 Å². The summed E-state index contributed by atoms with van der Waals surface area (Å²) in [6.45, 7) is -3.96. The zero-order valence-electron chi connectivity index (χ0n) is 25.2. The molecule has 3 amide bonds. The molecule has 11 nitrogen and oxygen atoms in total. The molecule has 0 radical (unpaired) electrons. The smallest absolute Gasteiger partial charge is 0.408 e. The van der Waals surface area contributed by atoms with Crippen molar-refractivity contribution >= 4 is 29.3 Å². The van der Waals surface area contributed by atoms with Crippen LogP contribution in [0.4, 0.5) is 35.9 Å². The van der Waals surface area contributed by atoms with Crippen molar-refractivity contribution in [2.24, 2.45) is 5.92 Å². The first-order chi connectivity index (χ1) is 22.6. The van der Waals surface area contributed by atoms with E-state index in [9.17, 15) is 45.8 Å². The van der Waals surface area contributed by atoms with E-state index in [1.165, 1.54) is 23.0 Å². The molecular weight excluding hydrogens is 650 g/mol. The Hall–Kier alpha value is -4.83. The zero-order chi connectivity index (χ0) is 34.4. The number of imidazole rings is 1. The first kappa shape index (κ1) is 33.1. The third-order valence-electron chi connectivity index (χ3n) is 8.92. The van der Waals surface area contributed by atoms with Crippen LogP contribution in [0.2, 0.25) is 0 Å². The molecule has 1 aromatic carbocycles. The Bertz CT molecular complexity index is 1740. The third kappa shape index (κ3) is 6.62. The van der Waals surface area contributed by atoms with Gasteiger partial charge in [-0.25, -0.2) is 27.9 Å². The quantitative estimate of drug-likeness (QED) is 0.321. The van der Waals surface area contributed by atoms with E-state index in [0.29, 0.717) is 4.90 Å². The fourth-order valence-corrected chi connectivity index (χ4v) is 6.26. The fraction of sp³-hybridized carbons (Fsp3) is 0.452. The second-order valence-electron chi connectivity index (χ2n) is 12.3. The number of rotatable bonds is 7. The van der Waals surface area contributed by atoms with Gasteiger partial charge in [-0.2, -0.15) is 22.7 Å². The number of alkyl halides is 6. The number of ether oxygens (including phenoxy) is 1. The fourth-order valence-electron chi connectivity index (χ4n) is 6.26. The summed E-state index contributed by atoms with van der Waals surface area (Å²) >= 11 is 0. The van der Waals surface area contributed by atoms with Crippen LogP contribution in [0.3, 0.4) is 0 Å². The van der Waals surface area contributed by atoms with Crippen LogP contribution in [0.15, 0.2) is 54.4 Å². The first-order valence-electron chi connectivity index (χ1n) is 15.1. The number of amides is 3. The van der Waals surface area contributed by atoms with Gasteiger partial charge in [0, 0.05) is 24.0 Å². The number of carbonyl (C=O) groups is 3. The number of nitrogens with zero attached hydrogens (tertiary/aromatic N) is 5. The second-order valence-corrected chi connectivity index (χ2v) is 12.3. The van der Waals surface area contributed by atoms with E-state index in [4.69, 9.17) is 4.74 Å². The van der Waals surface area contributed by atoms with E-state index in [-0.39, 0.29) is 66.9 Å². The Balaban J connectivity index is 1.29. The van der Waals surface area contributed by atoms with Crippen molar-refractivity contribution in [3.05, 3.63) is 71.2 Å². The molecule has 0 spiro atoms. The second kappa shape index (κ2) is 12.3. The SMILES string of the molecule is O=C(N[C@H](c1cn2ncc(C3=C(C(=O)N4CC(F)(F)C(F)(F)C4)CN(C(=O)O)C3)cc2n1)C1CCC(F)(F)CC1)OCc1ccccc1. The van der Waals surface area contributed by atoms with E-state index in [0.717, 1.165) is 10.5 Å². The lowest BCUT2D eigenvalue weighted by Gasteiger charge is -2.33. The molecule has 48 heavy (non-hydrogen) atoms. The van der Waals surface area contributed by atoms with Crippen LogP contribution >= 0.6 is 0 Å². The molecule has 2 N–H and O–H groups in total. The number of nitrogens with one attached hydrogen (secondary N) is 1. The molecule has 1 atom stereocenters. The zero-order valence-corrected chi connectivity index (χ0v) is 25.2. The van der Waals surface area contributed by atoms with Crippen molar-refractivity contribution in [2.45, 2.75) is 56.1 Å². The van der Waals surface area contributed by atoms with Crippen molar-refractivity contribution in [1.82, 2.24) is 29.7 Å². The van der Waals surface area contributed by atoms with E-state index in [1.54, 1.807) is 30.3 Å². The van der Waals surface area contributed by atoms with Gasteiger partial charge < -0.3 is 20.1 Å². The Labute approximate surface area is 269 Å². The van der Waals surface area contributed by atoms with E-state index in [1.807, 2.05) is 0 Å². The van der Waals surface area contributed by atoms with E-state index < -0.39 is 67.5 Å². The van der Waals surface area contributed by atoms with Gasteiger partial charge in [0.15, 0.2) is 5.65 Å². The number of hydrogen-bond donors (Lipinski definition) is 2. The van der Waals surface area contributed by atoms with Crippen molar-refractivity contribution in [2.75, 3.05) is 26.2 Å². The summed E-state index contributed by atoms with van der Waals surface area (Å²) < 4.78 is 90.4. The highest BCUT2D eigenvalue weighted by Crippen LogP contribution is 2.43. The summed E-state index contributed by atoms with van der Waals surface area (Å²) in [5, 5.41) is 16.6. The summed E-state index contributed by atoms with van der Waals surface area (Å²) in [6, 6.07) is 9.50. The number of benzene rings is 1. The Morgan fingerprint density at radius 2 is 1.65 bits per heavy atom. The predicted molar refractivity (Wildman–Crippen MR) is 155 cm³/mol. The van der Waals surface area contributed by atoms with Crippen LogP contribution in [0, 0.1) is 5.92 Å². The number of halogens is 6. The third-order valence-corrected chi connectivity index (χ3v) is 8.92. The number of hydrogen-bond acceptors (Lipinski definition) is 6. The van der Waals surface area contributed by atoms with Gasteiger partial charge in [0.1, 0.15) is 6.61 Å². The minimum atomic E-state index is -4.45. The predicted octanol–water partition coefficient (Wildman–Crippen LogP) is 5.38. The van der Waals surface area contributed by atoms with E-state index in [2.05, 4.69) is 15.4 Å². The Kier molecular flexibility index (Phi) is 8.49. The number of carboxylic acid groups (broad SMARTS) is 1. The standard InChI is InChI=1S/C31H30F6N6O5/c32-29(33)8-6-19(7-9-29)25(40-27(45)48-15-18-4-2-1-3-5-18)23-14-43-24(39-23)10-20(11-38-43)21-12-41(28(46)47)13-22(21)26(44)42-16-30(34,35)31(36,37)17-42/h1-5,10-11,14,19,25H,6-9,12-13,15-17H2,(H,40,45)(H,46,47)/t25-/m0/s1. The number of alkyl carbamates (subject to hydrolysis) is 1. The molecule has 4 heterocycles. The normalized spacial score (nSPS) is 21.0. The van der Waals surface area contributed by atoms with Gasteiger partial charge in [0.2, 0.25) is 5.92 Å². The van der Waals surface area contributed by atoms with Gasteiger partial charge in [-0.1, -0.05) is 30.3 Å². The van der Waals surface area contributed by atoms with Crippen LogP contribution in [-0.4, -0.2) is 91.5 Å². The van der Waals surface area contributed by atoms with Gasteiger partial charge in [0.25, 0.3) is 5.91 Å². The van der Waals surface area contributed by atoms with Gasteiger partial charge in [-0.15, -0.1) is 0 Å². The highest BCUT2D eigenvalue weighted by Gasteiger charge is 2.64. The number of carbonyl (C=O) groups excluding carboxylic acids is 2. The molecule has 2 aliphatic heterocycles. The maximum atomic E-state index is 14.0. The minimum absolute atomic E-state index is 0.0333. The summed E-state index contributed by atoms with van der Waals surface area (Å²) in [5.74, 6) is -13.3. The highest BCUT2D eigenvalue weighted by atomic mass is 19.3. The average Bonchev–Trinajstić information content (AvgIpc) is 3.72. The molecule has 3 aliphatic rings. The molecule has 2 aromatic heterocycles. The van der Waals surface area contributed by atoms with Crippen molar-refractivity contribution in [3.63, 3.8) is 0 Å². The van der Waals surface area contributed by atoms with Gasteiger partial charge in [-0.3, -0.25) is 9.69 Å². The lowest BCUT2D eigenvalue weighted by Crippen LogP contribution is -2.38. The van der Waals surface area contributed by atoms with Gasteiger partial charge in [0.05, 0.1) is 50.3 Å². The van der Waals surface area contributed by atoms with Crippen LogP contribution in [-0.2, 0) is 16.1 Å². The minimum Gasteiger partial charge on any atom is -0.465 e. The lowest BCUT2D eigenvalue weighted by atomic mass is 9.81. The molecule has 256 valence electrons. The highest BCUT2D eigenvalue weighted by molar-refractivity contribution is 6.04. The maximum absolute atomic E-state index is 14.0. The van der Waals surface area contributed by atoms with Crippen LogP contribution < -0.4 is 5.32 Å². The Morgan fingerprint density at radius 1 is 0.979 bits per heavy atom. The summed E-state index contributed by atoms with van der Waals surface area (Å²) in [6.07, 6.45) is -0.0516. The molecule has 1 aliphatic carbocycles. The molecule has 1 saturated carbocycles. The topological polar surface area (TPSA) is 129 Å². The van der Waals surface area contributed by atoms with Gasteiger partial charge >= 0.3 is 24.0 Å². The monoisotopic (exact) mass is 680 g/mol. The number of fused-ring (bicyclic) bond motifs is 1. The summed E-state index contributed by atoms with van der Waals surface area (Å²) in [5.41, 5.74) is 1.19. The molecule has 1 saturated heterocycles. The molecule has 6 rings (SSSR count). The summed E-state index contributed by atoms with van der Waals surface area (Å²) in [7, 11) is 0. The van der Waals surface area contributed by atoms with Crippen molar-refractivity contribution in [3.8, 4) is 0 Å². The average molecular weight is 681 g/mol. The first-order valence-corrected chi connectivity index (χ1v) is 15.1. The van der Waals surface area contributed by atoms with Crippen LogP contribution in [0.1, 0.15) is 48.5 Å². The largest absolute Gasteiger partial charge is 0.465 e. The van der Waals surface area contributed by atoms with Crippen molar-refractivity contribution in [1.29, 1.82) is 0 Å². The molecule has 2 fully saturated rings. The lowest BCUT2D eigenvalue weighted by molar-refractivity contribution is -0.172. The maximum Gasteiger partial charge on any atom is 0.408 e. The van der Waals surface area contributed by atoms with Crippen LogP contribution in [0.25, 0.3) is 11.2 Å². The molecule has 17 heteroatoms. The molecule has 3 aromatic rings. The van der Waals surface area contributed by atoms with Crippen LogP contribution in [0.5, 0.6) is 0 Å². The number of aromatic nitrogens is 3. The van der Waals surface area contributed by atoms with Gasteiger partial charge in [-0.05, 0) is 36.0 Å². The number of likely N-dealkylation sites (tertiary alicyclic amines) is 1. The molecular formula is C31H30F6N6O5. The molecule has 0 unspecified atom stereocenters. The summed E-state index contributed by atoms with van der Waals surface area (Å²) in [4.78, 5) is 43.6. The Morgan fingerprint density at radius 3 is 2.29 bits per heavy atom. The van der Waals surface area contributed by atoms with E-state index >= 15 is 0 Å². The molecule has 0 bridgehead atoms.